The Hall–Kier alpha value is -2.75. The molecule has 0 aliphatic carbocycles. The number of rotatable bonds is 4. The summed E-state index contributed by atoms with van der Waals surface area (Å²) < 4.78 is 16.0. The SMILES string of the molecule is COc1cccc(C(=O)c2cc3cccc(OC)c3o2)c1. The molecule has 0 saturated heterocycles. The normalized spacial score (nSPS) is 10.6. The lowest BCUT2D eigenvalue weighted by atomic mass is 10.1. The second kappa shape index (κ2) is 5.32. The summed E-state index contributed by atoms with van der Waals surface area (Å²) in [7, 11) is 3.14. The molecule has 1 aromatic heterocycles. The molecular formula is C17H14O4. The van der Waals surface area contributed by atoms with E-state index in [9.17, 15) is 4.79 Å². The van der Waals surface area contributed by atoms with Crippen molar-refractivity contribution in [1.82, 2.24) is 0 Å². The quantitative estimate of drug-likeness (QED) is 0.685. The van der Waals surface area contributed by atoms with Crippen molar-refractivity contribution < 1.29 is 18.7 Å². The zero-order valence-corrected chi connectivity index (χ0v) is 11.8. The molecule has 0 aliphatic heterocycles. The van der Waals surface area contributed by atoms with Crippen LogP contribution in [0.2, 0.25) is 0 Å². The predicted octanol–water partition coefficient (Wildman–Crippen LogP) is 3.68. The van der Waals surface area contributed by atoms with E-state index in [-0.39, 0.29) is 11.5 Å². The monoisotopic (exact) mass is 282 g/mol. The molecule has 0 atom stereocenters. The third-order valence-electron chi connectivity index (χ3n) is 3.28. The zero-order chi connectivity index (χ0) is 14.8. The van der Waals surface area contributed by atoms with E-state index in [2.05, 4.69) is 0 Å². The summed E-state index contributed by atoms with van der Waals surface area (Å²) in [5.41, 5.74) is 1.10. The molecule has 106 valence electrons. The van der Waals surface area contributed by atoms with Crippen molar-refractivity contribution in [2.45, 2.75) is 0 Å². The summed E-state index contributed by atoms with van der Waals surface area (Å²) in [6, 6.07) is 14.2. The minimum atomic E-state index is -0.188. The van der Waals surface area contributed by atoms with E-state index < -0.39 is 0 Å². The van der Waals surface area contributed by atoms with Gasteiger partial charge in [-0.1, -0.05) is 24.3 Å². The van der Waals surface area contributed by atoms with E-state index in [1.165, 1.54) is 0 Å². The summed E-state index contributed by atoms with van der Waals surface area (Å²) >= 11 is 0. The average Bonchev–Trinajstić information content (AvgIpc) is 2.98. The van der Waals surface area contributed by atoms with Crippen molar-refractivity contribution in [1.29, 1.82) is 0 Å². The first-order valence-corrected chi connectivity index (χ1v) is 6.48. The number of ketones is 1. The molecule has 0 saturated carbocycles. The van der Waals surface area contributed by atoms with E-state index in [0.717, 1.165) is 5.39 Å². The maximum Gasteiger partial charge on any atom is 0.228 e. The molecule has 0 unspecified atom stereocenters. The second-order valence-corrected chi connectivity index (χ2v) is 4.55. The van der Waals surface area contributed by atoms with Crippen LogP contribution in [0.25, 0.3) is 11.0 Å². The fourth-order valence-electron chi connectivity index (χ4n) is 2.22. The van der Waals surface area contributed by atoms with Crippen molar-refractivity contribution in [3.63, 3.8) is 0 Å². The van der Waals surface area contributed by atoms with E-state index >= 15 is 0 Å². The molecule has 0 radical (unpaired) electrons. The van der Waals surface area contributed by atoms with Gasteiger partial charge in [-0.3, -0.25) is 4.79 Å². The Morgan fingerprint density at radius 2 is 1.81 bits per heavy atom. The van der Waals surface area contributed by atoms with Crippen LogP contribution in [0.4, 0.5) is 0 Å². The Morgan fingerprint density at radius 3 is 2.57 bits per heavy atom. The lowest BCUT2D eigenvalue weighted by Gasteiger charge is -2.02. The van der Waals surface area contributed by atoms with Gasteiger partial charge in [0, 0.05) is 10.9 Å². The molecule has 0 spiro atoms. The summed E-state index contributed by atoms with van der Waals surface area (Å²) in [5.74, 6) is 1.33. The van der Waals surface area contributed by atoms with E-state index in [1.54, 1.807) is 50.6 Å². The molecule has 0 bridgehead atoms. The van der Waals surface area contributed by atoms with Gasteiger partial charge in [-0.05, 0) is 24.3 Å². The van der Waals surface area contributed by atoms with E-state index in [1.807, 2.05) is 12.1 Å². The van der Waals surface area contributed by atoms with Crippen LogP contribution in [0.15, 0.2) is 52.9 Å². The molecule has 4 nitrogen and oxygen atoms in total. The van der Waals surface area contributed by atoms with Gasteiger partial charge in [0.2, 0.25) is 5.78 Å². The molecule has 3 rings (SSSR count). The Bertz CT molecular complexity index is 801. The second-order valence-electron chi connectivity index (χ2n) is 4.55. The summed E-state index contributed by atoms with van der Waals surface area (Å²) in [6.07, 6.45) is 0. The summed E-state index contributed by atoms with van der Waals surface area (Å²) in [4.78, 5) is 12.5. The Kier molecular flexibility index (Phi) is 3.36. The van der Waals surface area contributed by atoms with Gasteiger partial charge in [0.1, 0.15) is 5.75 Å². The number of carbonyl (C=O) groups is 1. The third-order valence-corrected chi connectivity index (χ3v) is 3.28. The first-order chi connectivity index (χ1) is 10.2. The zero-order valence-electron chi connectivity index (χ0n) is 11.8. The van der Waals surface area contributed by atoms with Gasteiger partial charge < -0.3 is 13.9 Å². The van der Waals surface area contributed by atoms with Crippen LogP contribution in [0.5, 0.6) is 11.5 Å². The number of fused-ring (bicyclic) bond motifs is 1. The highest BCUT2D eigenvalue weighted by Gasteiger charge is 2.16. The average molecular weight is 282 g/mol. The van der Waals surface area contributed by atoms with E-state index in [0.29, 0.717) is 22.6 Å². The Morgan fingerprint density at radius 1 is 1.00 bits per heavy atom. The lowest BCUT2D eigenvalue weighted by molar-refractivity contribution is 0.101. The molecule has 0 aliphatic rings. The topological polar surface area (TPSA) is 48.7 Å². The number of carbonyl (C=O) groups excluding carboxylic acids is 1. The highest BCUT2D eigenvalue weighted by molar-refractivity contribution is 6.09. The van der Waals surface area contributed by atoms with Crippen LogP contribution in [-0.4, -0.2) is 20.0 Å². The molecule has 2 aromatic carbocycles. The number of hydrogen-bond acceptors (Lipinski definition) is 4. The van der Waals surface area contributed by atoms with Crippen LogP contribution >= 0.6 is 0 Å². The number of hydrogen-bond donors (Lipinski definition) is 0. The molecular weight excluding hydrogens is 268 g/mol. The minimum Gasteiger partial charge on any atom is -0.497 e. The smallest absolute Gasteiger partial charge is 0.228 e. The molecule has 4 heteroatoms. The maximum atomic E-state index is 12.5. The van der Waals surface area contributed by atoms with Crippen molar-refractivity contribution in [3.8, 4) is 11.5 Å². The van der Waals surface area contributed by atoms with Gasteiger partial charge >= 0.3 is 0 Å². The fourth-order valence-corrected chi connectivity index (χ4v) is 2.22. The van der Waals surface area contributed by atoms with Gasteiger partial charge in [-0.25, -0.2) is 0 Å². The molecule has 0 N–H and O–H groups in total. The highest BCUT2D eigenvalue weighted by atomic mass is 16.5. The van der Waals surface area contributed by atoms with Gasteiger partial charge in [0.25, 0.3) is 0 Å². The highest BCUT2D eigenvalue weighted by Crippen LogP contribution is 2.29. The summed E-state index contributed by atoms with van der Waals surface area (Å²) in [6.45, 7) is 0. The van der Waals surface area contributed by atoms with Crippen LogP contribution in [0.3, 0.4) is 0 Å². The maximum absolute atomic E-state index is 12.5. The summed E-state index contributed by atoms with van der Waals surface area (Å²) in [5, 5.41) is 0.834. The van der Waals surface area contributed by atoms with Gasteiger partial charge in [0.05, 0.1) is 14.2 Å². The van der Waals surface area contributed by atoms with Crippen molar-refractivity contribution in [3.05, 3.63) is 59.9 Å². The number of benzene rings is 2. The minimum absolute atomic E-state index is 0.188. The number of ether oxygens (including phenoxy) is 2. The number of methoxy groups -OCH3 is 2. The van der Waals surface area contributed by atoms with Crippen molar-refractivity contribution in [2.24, 2.45) is 0 Å². The molecule has 1 heterocycles. The van der Waals surface area contributed by atoms with Gasteiger partial charge in [-0.2, -0.15) is 0 Å². The van der Waals surface area contributed by atoms with Crippen LogP contribution in [0.1, 0.15) is 16.1 Å². The van der Waals surface area contributed by atoms with Crippen LogP contribution in [-0.2, 0) is 0 Å². The number of para-hydroxylation sites is 1. The van der Waals surface area contributed by atoms with Crippen LogP contribution in [0, 0.1) is 0 Å². The van der Waals surface area contributed by atoms with Crippen LogP contribution < -0.4 is 9.47 Å². The molecule has 0 fully saturated rings. The molecule has 21 heavy (non-hydrogen) atoms. The molecule has 3 aromatic rings. The molecule has 0 amide bonds. The van der Waals surface area contributed by atoms with Gasteiger partial charge in [0.15, 0.2) is 17.1 Å². The largest absolute Gasteiger partial charge is 0.497 e. The Balaban J connectivity index is 2.05. The van der Waals surface area contributed by atoms with Gasteiger partial charge in [-0.15, -0.1) is 0 Å². The third kappa shape index (κ3) is 2.36. The van der Waals surface area contributed by atoms with Crippen molar-refractivity contribution in [2.75, 3.05) is 14.2 Å². The lowest BCUT2D eigenvalue weighted by Crippen LogP contribution is -1.99. The van der Waals surface area contributed by atoms with E-state index in [4.69, 9.17) is 13.9 Å². The van der Waals surface area contributed by atoms with Crippen molar-refractivity contribution >= 4 is 16.8 Å². The number of furan rings is 1. The fraction of sp³-hybridized carbons (Fsp3) is 0.118. The standard InChI is InChI=1S/C17H14O4/c1-19-13-7-3-5-11(9-13)16(18)15-10-12-6-4-8-14(20-2)17(12)21-15/h3-10H,1-2H3. The Labute approximate surface area is 121 Å². The first kappa shape index (κ1) is 13.2. The predicted molar refractivity (Wildman–Crippen MR) is 79.2 cm³/mol. The first-order valence-electron chi connectivity index (χ1n) is 6.48.